The van der Waals surface area contributed by atoms with E-state index in [-0.39, 0.29) is 0 Å². The number of hydrogen-bond acceptors (Lipinski definition) is 2. The first-order valence-electron chi connectivity index (χ1n) is 6.48. The molecule has 3 aromatic rings. The van der Waals surface area contributed by atoms with E-state index in [9.17, 15) is 8.78 Å². The summed E-state index contributed by atoms with van der Waals surface area (Å²) in [4.78, 5) is 7.41. The van der Waals surface area contributed by atoms with Crippen LogP contribution in [0.15, 0.2) is 48.7 Å². The Morgan fingerprint density at radius 2 is 1.86 bits per heavy atom. The summed E-state index contributed by atoms with van der Waals surface area (Å²) in [6.45, 7) is 0.400. The van der Waals surface area contributed by atoms with Gasteiger partial charge in [-0.1, -0.05) is 24.3 Å². The first-order valence-corrected chi connectivity index (χ1v) is 6.48. The van der Waals surface area contributed by atoms with Crippen molar-refractivity contribution in [2.75, 3.05) is 0 Å². The van der Waals surface area contributed by atoms with Crippen LogP contribution in [0.2, 0.25) is 0 Å². The summed E-state index contributed by atoms with van der Waals surface area (Å²) in [5.41, 5.74) is 8.73. The molecule has 0 aliphatic carbocycles. The van der Waals surface area contributed by atoms with Crippen LogP contribution >= 0.6 is 0 Å². The van der Waals surface area contributed by atoms with Crippen LogP contribution in [0.4, 0.5) is 8.78 Å². The number of aromatic amines is 1. The monoisotopic (exact) mass is 285 g/mol. The average Bonchev–Trinajstić information content (AvgIpc) is 2.99. The molecule has 2 aromatic carbocycles. The number of H-pyrrole nitrogens is 1. The van der Waals surface area contributed by atoms with E-state index in [1.807, 2.05) is 24.3 Å². The van der Waals surface area contributed by atoms with Crippen molar-refractivity contribution >= 4 is 0 Å². The molecule has 3 nitrogen and oxygen atoms in total. The fourth-order valence-electron chi connectivity index (χ4n) is 2.20. The lowest BCUT2D eigenvalue weighted by Gasteiger charge is -2.04. The minimum absolute atomic E-state index is 0.400. The van der Waals surface area contributed by atoms with Gasteiger partial charge in [-0.15, -0.1) is 0 Å². The number of nitrogens with two attached hydrogens (primary N) is 1. The fourth-order valence-corrected chi connectivity index (χ4v) is 2.20. The lowest BCUT2D eigenvalue weighted by Crippen LogP contribution is -1.99. The number of benzene rings is 2. The smallest absolute Gasteiger partial charge is 0.159 e. The van der Waals surface area contributed by atoms with E-state index >= 15 is 0 Å². The maximum Gasteiger partial charge on any atom is 0.159 e. The van der Waals surface area contributed by atoms with Crippen LogP contribution in [0.3, 0.4) is 0 Å². The van der Waals surface area contributed by atoms with Crippen LogP contribution in [-0.2, 0) is 6.54 Å². The van der Waals surface area contributed by atoms with Crippen molar-refractivity contribution in [2.45, 2.75) is 6.54 Å². The summed E-state index contributed by atoms with van der Waals surface area (Å²) in [5.74, 6) is -1.10. The molecule has 0 aliphatic rings. The van der Waals surface area contributed by atoms with Gasteiger partial charge < -0.3 is 10.7 Å². The molecule has 0 atom stereocenters. The highest BCUT2D eigenvalue weighted by atomic mass is 19.2. The van der Waals surface area contributed by atoms with Crippen molar-refractivity contribution in [3.63, 3.8) is 0 Å². The Labute approximate surface area is 120 Å². The normalized spacial score (nSPS) is 10.8. The van der Waals surface area contributed by atoms with Crippen LogP contribution in [-0.4, -0.2) is 9.97 Å². The predicted molar refractivity (Wildman–Crippen MR) is 77.3 cm³/mol. The zero-order chi connectivity index (χ0) is 14.8. The third kappa shape index (κ3) is 2.55. The van der Waals surface area contributed by atoms with Crippen molar-refractivity contribution in [2.24, 2.45) is 5.73 Å². The first kappa shape index (κ1) is 13.5. The number of hydrogen-bond donors (Lipinski definition) is 2. The molecule has 0 bridgehead atoms. The summed E-state index contributed by atoms with van der Waals surface area (Å²) in [5, 5.41) is 0. The van der Waals surface area contributed by atoms with Crippen LogP contribution in [0, 0.1) is 11.6 Å². The predicted octanol–water partition coefficient (Wildman–Crippen LogP) is 3.48. The van der Waals surface area contributed by atoms with E-state index in [1.165, 1.54) is 6.07 Å². The maximum atomic E-state index is 13.3. The van der Waals surface area contributed by atoms with Crippen molar-refractivity contribution in [1.82, 2.24) is 9.97 Å². The Kier molecular flexibility index (Phi) is 3.50. The summed E-state index contributed by atoms with van der Waals surface area (Å²) in [7, 11) is 0. The molecule has 0 saturated carbocycles. The Morgan fingerprint density at radius 3 is 2.62 bits per heavy atom. The molecule has 0 saturated heterocycles. The third-order valence-electron chi connectivity index (χ3n) is 3.30. The summed E-state index contributed by atoms with van der Waals surface area (Å²) in [6.07, 6.45) is 1.59. The first-order chi connectivity index (χ1) is 10.2. The Bertz CT molecular complexity index is 781. The molecular formula is C16H13F2N3. The molecule has 5 heteroatoms. The van der Waals surface area contributed by atoms with Gasteiger partial charge >= 0.3 is 0 Å². The van der Waals surface area contributed by atoms with Gasteiger partial charge in [-0.05, 0) is 23.8 Å². The summed E-state index contributed by atoms with van der Waals surface area (Å²) in [6, 6.07) is 11.4. The minimum Gasteiger partial charge on any atom is -0.338 e. The molecule has 0 radical (unpaired) electrons. The van der Waals surface area contributed by atoms with Crippen LogP contribution in [0.5, 0.6) is 0 Å². The van der Waals surface area contributed by atoms with Gasteiger partial charge in [0, 0.05) is 17.7 Å². The number of rotatable bonds is 3. The number of halogens is 2. The standard InChI is InChI=1S/C16H13F2N3/c17-13-6-5-10(7-14(13)18)15-9-20-16(21-15)12-4-2-1-3-11(12)8-19/h1-7,9H,8,19H2,(H,20,21). The molecule has 1 heterocycles. The fraction of sp³-hybridized carbons (Fsp3) is 0.0625. The molecule has 0 spiro atoms. The van der Waals surface area contributed by atoms with Gasteiger partial charge in [0.2, 0.25) is 0 Å². The molecule has 1 aromatic heterocycles. The second-order valence-corrected chi connectivity index (χ2v) is 4.64. The molecule has 0 amide bonds. The second-order valence-electron chi connectivity index (χ2n) is 4.64. The van der Waals surface area contributed by atoms with Crippen molar-refractivity contribution in [3.05, 3.63) is 65.9 Å². The maximum absolute atomic E-state index is 13.3. The van der Waals surface area contributed by atoms with E-state index in [2.05, 4.69) is 9.97 Å². The highest BCUT2D eigenvalue weighted by Crippen LogP contribution is 2.25. The Hall–Kier alpha value is -2.53. The SMILES string of the molecule is NCc1ccccc1-c1ncc(-c2ccc(F)c(F)c2)[nH]1. The second kappa shape index (κ2) is 5.46. The molecule has 3 rings (SSSR count). The molecule has 106 valence electrons. The van der Waals surface area contributed by atoms with Crippen molar-refractivity contribution < 1.29 is 8.78 Å². The van der Waals surface area contributed by atoms with Crippen molar-refractivity contribution in [3.8, 4) is 22.6 Å². The molecule has 0 unspecified atom stereocenters. The Balaban J connectivity index is 2.01. The minimum atomic E-state index is -0.883. The molecule has 0 fully saturated rings. The topological polar surface area (TPSA) is 54.7 Å². The molecule has 21 heavy (non-hydrogen) atoms. The lowest BCUT2D eigenvalue weighted by atomic mass is 10.1. The summed E-state index contributed by atoms with van der Waals surface area (Å²) >= 11 is 0. The van der Waals surface area contributed by atoms with Crippen molar-refractivity contribution in [1.29, 1.82) is 0 Å². The van der Waals surface area contributed by atoms with Gasteiger partial charge in [0.1, 0.15) is 5.82 Å². The average molecular weight is 285 g/mol. The largest absolute Gasteiger partial charge is 0.338 e. The summed E-state index contributed by atoms with van der Waals surface area (Å²) < 4.78 is 26.3. The van der Waals surface area contributed by atoms with Crippen LogP contribution in [0.25, 0.3) is 22.6 Å². The highest BCUT2D eigenvalue weighted by Gasteiger charge is 2.10. The van der Waals surface area contributed by atoms with Crippen LogP contribution in [0.1, 0.15) is 5.56 Å². The van der Waals surface area contributed by atoms with Gasteiger partial charge in [-0.25, -0.2) is 13.8 Å². The van der Waals surface area contributed by atoms with Gasteiger partial charge in [-0.3, -0.25) is 0 Å². The quantitative estimate of drug-likeness (QED) is 0.774. The van der Waals surface area contributed by atoms with Gasteiger partial charge in [0.25, 0.3) is 0 Å². The van der Waals surface area contributed by atoms with Crippen LogP contribution < -0.4 is 5.73 Å². The zero-order valence-electron chi connectivity index (χ0n) is 11.1. The van der Waals surface area contributed by atoms with Gasteiger partial charge in [0.05, 0.1) is 11.9 Å². The van der Waals surface area contributed by atoms with Gasteiger partial charge in [0.15, 0.2) is 11.6 Å². The highest BCUT2D eigenvalue weighted by molar-refractivity contribution is 5.66. The number of imidazole rings is 1. The number of nitrogens with one attached hydrogen (secondary N) is 1. The van der Waals surface area contributed by atoms with E-state index in [0.29, 0.717) is 23.6 Å². The van der Waals surface area contributed by atoms with E-state index in [0.717, 1.165) is 23.3 Å². The van der Waals surface area contributed by atoms with E-state index in [1.54, 1.807) is 6.20 Å². The van der Waals surface area contributed by atoms with Gasteiger partial charge in [-0.2, -0.15) is 0 Å². The zero-order valence-corrected chi connectivity index (χ0v) is 11.1. The number of nitrogens with zero attached hydrogens (tertiary/aromatic N) is 1. The number of aromatic nitrogens is 2. The Morgan fingerprint density at radius 1 is 1.05 bits per heavy atom. The third-order valence-corrected chi connectivity index (χ3v) is 3.30. The molecule has 3 N–H and O–H groups in total. The van der Waals surface area contributed by atoms with E-state index < -0.39 is 11.6 Å². The van der Waals surface area contributed by atoms with E-state index in [4.69, 9.17) is 5.73 Å². The molecule has 0 aliphatic heterocycles. The molecular weight excluding hydrogens is 272 g/mol. The lowest BCUT2D eigenvalue weighted by molar-refractivity contribution is 0.509.